The normalized spacial score (nSPS) is 21.3. The number of hydrogen-bond donors (Lipinski definition) is 1. The van der Waals surface area contributed by atoms with E-state index >= 15 is 0 Å². The number of rotatable bonds is 1. The van der Waals surface area contributed by atoms with Gasteiger partial charge in [-0.15, -0.1) is 0 Å². The summed E-state index contributed by atoms with van der Waals surface area (Å²) < 4.78 is 0. The summed E-state index contributed by atoms with van der Waals surface area (Å²) in [6.07, 6.45) is 0.596. The molecule has 1 aromatic carbocycles. The lowest BCUT2D eigenvalue weighted by molar-refractivity contribution is -0.143. The maximum Gasteiger partial charge on any atom is 0.223 e. The van der Waals surface area contributed by atoms with Crippen LogP contribution in [0, 0.1) is 0 Å². The van der Waals surface area contributed by atoms with Gasteiger partial charge in [-0.3, -0.25) is 9.59 Å². The van der Waals surface area contributed by atoms with Gasteiger partial charge in [-0.25, -0.2) is 0 Å². The standard InChI is InChI=1S/C12H13NO3/c1-13-11(16)7-6-10(15)12(13)8-2-4-9(14)5-3-8/h2-5,12,14H,6-7H2,1H3. The van der Waals surface area contributed by atoms with Crippen LogP contribution in [-0.2, 0) is 9.59 Å². The van der Waals surface area contributed by atoms with Gasteiger partial charge in [0.1, 0.15) is 11.8 Å². The third-order valence-electron chi connectivity index (χ3n) is 2.88. The van der Waals surface area contributed by atoms with E-state index in [1.54, 1.807) is 19.2 Å². The molecule has 1 amide bonds. The van der Waals surface area contributed by atoms with Crippen LogP contribution in [-0.4, -0.2) is 28.7 Å². The van der Waals surface area contributed by atoms with Crippen LogP contribution >= 0.6 is 0 Å². The highest BCUT2D eigenvalue weighted by Gasteiger charge is 2.32. The van der Waals surface area contributed by atoms with Gasteiger partial charge in [0, 0.05) is 19.9 Å². The summed E-state index contributed by atoms with van der Waals surface area (Å²) in [6.45, 7) is 0. The summed E-state index contributed by atoms with van der Waals surface area (Å²) in [4.78, 5) is 24.8. The maximum absolute atomic E-state index is 11.8. The van der Waals surface area contributed by atoms with Crippen molar-refractivity contribution in [1.82, 2.24) is 4.90 Å². The van der Waals surface area contributed by atoms with Gasteiger partial charge in [-0.1, -0.05) is 12.1 Å². The molecule has 1 fully saturated rings. The number of Topliss-reactive ketones (excluding diaryl/α,β-unsaturated/α-hetero) is 1. The highest BCUT2D eigenvalue weighted by atomic mass is 16.3. The Bertz CT molecular complexity index is 424. The number of likely N-dealkylation sites (N-methyl/N-ethyl adjacent to an activating group) is 1. The lowest BCUT2D eigenvalue weighted by Gasteiger charge is -2.31. The minimum Gasteiger partial charge on any atom is -0.508 e. The molecule has 0 radical (unpaired) electrons. The van der Waals surface area contributed by atoms with E-state index in [2.05, 4.69) is 0 Å². The third kappa shape index (κ3) is 1.78. The van der Waals surface area contributed by atoms with Crippen LogP contribution in [0.4, 0.5) is 0 Å². The van der Waals surface area contributed by atoms with Crippen molar-refractivity contribution in [2.24, 2.45) is 0 Å². The number of phenolic OH excluding ortho intramolecular Hbond substituents is 1. The predicted molar refractivity (Wildman–Crippen MR) is 57.9 cm³/mol. The fourth-order valence-electron chi connectivity index (χ4n) is 1.97. The Hall–Kier alpha value is -1.84. The number of nitrogens with zero attached hydrogens (tertiary/aromatic N) is 1. The molecule has 1 saturated heterocycles. The Kier molecular flexibility index (Phi) is 2.64. The van der Waals surface area contributed by atoms with Crippen LogP contribution in [0.3, 0.4) is 0 Å². The molecule has 1 aliphatic heterocycles. The number of phenols is 1. The van der Waals surface area contributed by atoms with Crippen LogP contribution in [0.5, 0.6) is 5.75 Å². The number of benzene rings is 1. The molecule has 0 saturated carbocycles. The average molecular weight is 219 g/mol. The smallest absolute Gasteiger partial charge is 0.223 e. The molecule has 1 aliphatic rings. The summed E-state index contributed by atoms with van der Waals surface area (Å²) in [7, 11) is 1.64. The van der Waals surface area contributed by atoms with E-state index in [-0.39, 0.29) is 17.4 Å². The lowest BCUT2D eigenvalue weighted by atomic mass is 9.94. The van der Waals surface area contributed by atoms with Crippen molar-refractivity contribution < 1.29 is 14.7 Å². The highest BCUT2D eigenvalue weighted by Crippen LogP contribution is 2.28. The van der Waals surface area contributed by atoms with Crippen LogP contribution < -0.4 is 0 Å². The predicted octanol–water partition coefficient (Wildman–Crippen LogP) is 1.25. The molecular formula is C12H13NO3. The van der Waals surface area contributed by atoms with E-state index in [4.69, 9.17) is 0 Å². The minimum atomic E-state index is -0.498. The summed E-state index contributed by atoms with van der Waals surface area (Å²) in [5, 5.41) is 9.17. The number of aromatic hydroxyl groups is 1. The molecule has 1 unspecified atom stereocenters. The van der Waals surface area contributed by atoms with Crippen LogP contribution in [0.15, 0.2) is 24.3 Å². The topological polar surface area (TPSA) is 57.6 Å². The SMILES string of the molecule is CN1C(=O)CCC(=O)C1c1ccc(O)cc1. The first kappa shape index (κ1) is 10.7. The van der Waals surface area contributed by atoms with Gasteiger partial charge >= 0.3 is 0 Å². The maximum atomic E-state index is 11.8. The molecule has 0 spiro atoms. The Labute approximate surface area is 93.5 Å². The van der Waals surface area contributed by atoms with Crippen molar-refractivity contribution in [2.45, 2.75) is 18.9 Å². The van der Waals surface area contributed by atoms with Crippen molar-refractivity contribution in [3.63, 3.8) is 0 Å². The lowest BCUT2D eigenvalue weighted by Crippen LogP contribution is -2.40. The van der Waals surface area contributed by atoms with E-state index in [0.29, 0.717) is 12.8 Å². The van der Waals surface area contributed by atoms with Gasteiger partial charge in [-0.2, -0.15) is 0 Å². The summed E-state index contributed by atoms with van der Waals surface area (Å²) in [6, 6.07) is 5.90. The summed E-state index contributed by atoms with van der Waals surface area (Å²) in [5.74, 6) is 0.187. The number of likely N-dealkylation sites (tertiary alicyclic amines) is 1. The van der Waals surface area contributed by atoms with E-state index in [1.807, 2.05) is 0 Å². The van der Waals surface area contributed by atoms with E-state index < -0.39 is 6.04 Å². The van der Waals surface area contributed by atoms with Crippen molar-refractivity contribution in [3.05, 3.63) is 29.8 Å². The van der Waals surface area contributed by atoms with Gasteiger partial charge in [0.15, 0.2) is 5.78 Å². The van der Waals surface area contributed by atoms with Crippen molar-refractivity contribution in [2.75, 3.05) is 7.05 Å². The van der Waals surface area contributed by atoms with Crippen LogP contribution in [0.25, 0.3) is 0 Å². The molecule has 4 nitrogen and oxygen atoms in total. The molecular weight excluding hydrogens is 206 g/mol. The van der Waals surface area contributed by atoms with Crippen molar-refractivity contribution >= 4 is 11.7 Å². The Morgan fingerprint density at radius 1 is 1.19 bits per heavy atom. The Morgan fingerprint density at radius 3 is 2.44 bits per heavy atom. The summed E-state index contributed by atoms with van der Waals surface area (Å²) in [5.41, 5.74) is 0.748. The second kappa shape index (κ2) is 3.96. The number of ketones is 1. The molecule has 84 valence electrons. The quantitative estimate of drug-likeness (QED) is 0.773. The summed E-state index contributed by atoms with van der Waals surface area (Å²) >= 11 is 0. The second-order valence-electron chi connectivity index (χ2n) is 3.97. The fraction of sp³-hybridized carbons (Fsp3) is 0.333. The van der Waals surface area contributed by atoms with Gasteiger partial charge < -0.3 is 10.0 Å². The average Bonchev–Trinajstić information content (AvgIpc) is 2.27. The van der Waals surface area contributed by atoms with Gasteiger partial charge in [-0.05, 0) is 17.7 Å². The van der Waals surface area contributed by atoms with E-state index in [0.717, 1.165) is 5.56 Å². The molecule has 0 bridgehead atoms. The van der Waals surface area contributed by atoms with E-state index in [9.17, 15) is 14.7 Å². The minimum absolute atomic E-state index is 0.0160. The van der Waals surface area contributed by atoms with Crippen LogP contribution in [0.2, 0.25) is 0 Å². The molecule has 1 atom stereocenters. The second-order valence-corrected chi connectivity index (χ2v) is 3.97. The fourth-order valence-corrected chi connectivity index (χ4v) is 1.97. The molecule has 0 aromatic heterocycles. The number of carbonyl (C=O) groups excluding carboxylic acids is 2. The Balaban J connectivity index is 2.33. The highest BCUT2D eigenvalue weighted by molar-refractivity contribution is 5.95. The van der Waals surface area contributed by atoms with Gasteiger partial charge in [0.25, 0.3) is 0 Å². The van der Waals surface area contributed by atoms with Gasteiger partial charge in [0.05, 0.1) is 0 Å². The monoisotopic (exact) mass is 219 g/mol. The first-order chi connectivity index (χ1) is 7.59. The number of hydrogen-bond acceptors (Lipinski definition) is 3. The first-order valence-corrected chi connectivity index (χ1v) is 5.17. The zero-order valence-corrected chi connectivity index (χ0v) is 9.01. The van der Waals surface area contributed by atoms with Crippen LogP contribution in [0.1, 0.15) is 24.4 Å². The molecule has 2 rings (SSSR count). The number of carbonyl (C=O) groups is 2. The number of amides is 1. The molecule has 1 N–H and O–H groups in total. The van der Waals surface area contributed by atoms with Crippen molar-refractivity contribution in [1.29, 1.82) is 0 Å². The molecule has 1 heterocycles. The third-order valence-corrected chi connectivity index (χ3v) is 2.88. The molecule has 16 heavy (non-hydrogen) atoms. The zero-order valence-electron chi connectivity index (χ0n) is 9.01. The molecule has 1 aromatic rings. The Morgan fingerprint density at radius 2 is 1.81 bits per heavy atom. The zero-order chi connectivity index (χ0) is 11.7. The number of piperidine rings is 1. The molecule has 0 aliphatic carbocycles. The first-order valence-electron chi connectivity index (χ1n) is 5.17. The van der Waals surface area contributed by atoms with E-state index in [1.165, 1.54) is 17.0 Å². The van der Waals surface area contributed by atoms with Gasteiger partial charge in [0.2, 0.25) is 5.91 Å². The molecule has 4 heteroatoms. The van der Waals surface area contributed by atoms with Crippen molar-refractivity contribution in [3.8, 4) is 5.75 Å². The largest absolute Gasteiger partial charge is 0.508 e.